The molecular weight excluding hydrogens is 344 g/mol. The Morgan fingerprint density at radius 3 is 2.37 bits per heavy atom. The number of nitrogens with one attached hydrogen (secondary N) is 1. The van der Waals surface area contributed by atoms with Crippen molar-refractivity contribution in [2.75, 3.05) is 13.1 Å². The summed E-state index contributed by atoms with van der Waals surface area (Å²) in [5.41, 5.74) is 0.0424. The number of ether oxygens (including phenoxy) is 1. The smallest absolute Gasteiger partial charge is 0.489 e. The molecule has 1 aromatic carbocycles. The van der Waals surface area contributed by atoms with E-state index >= 15 is 4.39 Å². The quantitative estimate of drug-likeness (QED) is 0.791. The number of para-hydroxylation sites is 1. The molecule has 27 heavy (non-hydrogen) atoms. The Labute approximate surface area is 161 Å². The van der Waals surface area contributed by atoms with Gasteiger partial charge in [-0.15, -0.1) is 0 Å². The molecule has 146 valence electrons. The predicted octanol–water partition coefficient (Wildman–Crippen LogP) is 4.15. The largest absolute Gasteiger partial charge is 0.525 e. The summed E-state index contributed by atoms with van der Waals surface area (Å²) in [6.07, 6.45) is 2.65. The minimum absolute atomic E-state index is 0.00910. The third-order valence-corrected chi connectivity index (χ3v) is 6.55. The first kappa shape index (κ1) is 19.0. The fourth-order valence-corrected chi connectivity index (χ4v) is 4.13. The summed E-state index contributed by atoms with van der Waals surface area (Å²) in [5, 5.41) is 3.39. The lowest BCUT2D eigenvalue weighted by Crippen LogP contribution is -2.41. The summed E-state index contributed by atoms with van der Waals surface area (Å²) in [6.45, 7) is 9.76. The Hall–Kier alpha value is -1.37. The Balaban J connectivity index is 1.68. The van der Waals surface area contributed by atoms with Gasteiger partial charge in [0.25, 0.3) is 0 Å². The second-order valence-electron chi connectivity index (χ2n) is 8.86. The summed E-state index contributed by atoms with van der Waals surface area (Å²) in [4.78, 5) is 0. The SMILES string of the molecule is CC1(C)OB(C(F)=C2CC(C3CCNCC3)Oc3ccccc32)OC1(C)C. The standard InChI is InChI=1S/C21H29BFNO3/c1-20(2)21(3,4)27-22(26-20)19(23)16-13-18(14-9-11-24-12-10-14)25-17-8-6-5-7-15(16)17/h5-8,14,18,24H,9-13H2,1-4H3. The van der Waals surface area contributed by atoms with Crippen LogP contribution in [0.15, 0.2) is 30.0 Å². The lowest BCUT2D eigenvalue weighted by molar-refractivity contribution is 0.00578. The molecule has 0 spiro atoms. The van der Waals surface area contributed by atoms with Gasteiger partial charge in [-0.3, -0.25) is 0 Å². The van der Waals surface area contributed by atoms with Crippen LogP contribution in [0.25, 0.3) is 5.57 Å². The molecule has 0 bridgehead atoms. The molecule has 0 amide bonds. The topological polar surface area (TPSA) is 39.7 Å². The molecule has 1 unspecified atom stereocenters. The van der Waals surface area contributed by atoms with Crippen molar-refractivity contribution in [3.05, 3.63) is 35.6 Å². The van der Waals surface area contributed by atoms with E-state index in [1.165, 1.54) is 0 Å². The molecular formula is C21H29BFNO3. The zero-order valence-electron chi connectivity index (χ0n) is 16.7. The highest BCUT2D eigenvalue weighted by Crippen LogP contribution is 2.45. The average Bonchev–Trinajstić information content (AvgIpc) is 2.88. The van der Waals surface area contributed by atoms with Crippen LogP contribution in [-0.2, 0) is 9.31 Å². The highest BCUT2D eigenvalue weighted by molar-refractivity contribution is 6.55. The first-order valence-electron chi connectivity index (χ1n) is 9.99. The van der Waals surface area contributed by atoms with E-state index in [2.05, 4.69) is 5.32 Å². The molecule has 3 aliphatic heterocycles. The van der Waals surface area contributed by atoms with Crippen molar-refractivity contribution in [3.8, 4) is 5.75 Å². The molecule has 1 atom stereocenters. The molecule has 0 aromatic heterocycles. The van der Waals surface area contributed by atoms with E-state index in [1.807, 2.05) is 52.0 Å². The van der Waals surface area contributed by atoms with Gasteiger partial charge in [-0.25, -0.2) is 4.39 Å². The third-order valence-electron chi connectivity index (χ3n) is 6.55. The van der Waals surface area contributed by atoms with Crippen molar-refractivity contribution in [2.24, 2.45) is 5.92 Å². The molecule has 1 N–H and O–H groups in total. The number of hydrogen-bond acceptors (Lipinski definition) is 4. The minimum atomic E-state index is -0.968. The van der Waals surface area contributed by atoms with Gasteiger partial charge >= 0.3 is 7.12 Å². The van der Waals surface area contributed by atoms with Gasteiger partial charge < -0.3 is 19.4 Å². The van der Waals surface area contributed by atoms with Crippen LogP contribution in [0.2, 0.25) is 0 Å². The van der Waals surface area contributed by atoms with Crippen LogP contribution in [0.4, 0.5) is 4.39 Å². The van der Waals surface area contributed by atoms with Crippen LogP contribution >= 0.6 is 0 Å². The van der Waals surface area contributed by atoms with Crippen molar-refractivity contribution < 1.29 is 18.4 Å². The lowest BCUT2D eigenvalue weighted by atomic mass is 9.77. The fraction of sp³-hybridized carbons (Fsp3) is 0.619. The molecule has 2 saturated heterocycles. The second-order valence-corrected chi connectivity index (χ2v) is 8.86. The third kappa shape index (κ3) is 3.43. The number of piperidine rings is 1. The highest BCUT2D eigenvalue weighted by atomic mass is 19.1. The Morgan fingerprint density at radius 1 is 1.07 bits per heavy atom. The first-order chi connectivity index (χ1) is 12.8. The average molecular weight is 373 g/mol. The Morgan fingerprint density at radius 2 is 1.70 bits per heavy atom. The number of fused-ring (bicyclic) bond motifs is 1. The number of halogens is 1. The maximum atomic E-state index is 15.7. The van der Waals surface area contributed by atoms with Gasteiger partial charge in [-0.1, -0.05) is 18.2 Å². The number of benzene rings is 1. The van der Waals surface area contributed by atoms with Crippen molar-refractivity contribution in [1.82, 2.24) is 5.32 Å². The zero-order chi connectivity index (χ0) is 19.2. The molecule has 2 fully saturated rings. The van der Waals surface area contributed by atoms with E-state index in [-0.39, 0.29) is 11.8 Å². The van der Waals surface area contributed by atoms with Gasteiger partial charge in [0, 0.05) is 12.0 Å². The summed E-state index contributed by atoms with van der Waals surface area (Å²) in [6, 6.07) is 7.72. The molecule has 0 saturated carbocycles. The maximum Gasteiger partial charge on any atom is 0.525 e. The second kappa shape index (κ2) is 6.91. The molecule has 0 aliphatic carbocycles. The van der Waals surface area contributed by atoms with Gasteiger partial charge in [0.1, 0.15) is 17.6 Å². The molecule has 0 radical (unpaired) electrons. The molecule has 4 nitrogen and oxygen atoms in total. The zero-order valence-corrected chi connectivity index (χ0v) is 16.7. The van der Waals surface area contributed by atoms with E-state index in [1.54, 1.807) is 0 Å². The Bertz CT molecular complexity index is 727. The van der Waals surface area contributed by atoms with E-state index in [9.17, 15) is 0 Å². The number of rotatable bonds is 2. The predicted molar refractivity (Wildman–Crippen MR) is 105 cm³/mol. The first-order valence-corrected chi connectivity index (χ1v) is 9.99. The summed E-state index contributed by atoms with van der Waals surface area (Å²) >= 11 is 0. The fourth-order valence-electron chi connectivity index (χ4n) is 4.13. The summed E-state index contributed by atoms with van der Waals surface area (Å²) < 4.78 is 33.9. The van der Waals surface area contributed by atoms with Gasteiger partial charge in [0.05, 0.1) is 11.2 Å². The van der Waals surface area contributed by atoms with Crippen LogP contribution in [0.1, 0.15) is 52.5 Å². The van der Waals surface area contributed by atoms with Gasteiger partial charge in [-0.05, 0) is 71.2 Å². The minimum Gasteiger partial charge on any atom is -0.489 e. The van der Waals surface area contributed by atoms with E-state index in [0.29, 0.717) is 17.9 Å². The molecule has 3 heterocycles. The van der Waals surface area contributed by atoms with Crippen LogP contribution in [0.5, 0.6) is 5.75 Å². The normalized spacial score (nSPS) is 29.2. The van der Waals surface area contributed by atoms with Crippen molar-refractivity contribution in [2.45, 2.75) is 64.3 Å². The van der Waals surface area contributed by atoms with Crippen molar-refractivity contribution in [3.63, 3.8) is 0 Å². The highest BCUT2D eigenvalue weighted by Gasteiger charge is 2.54. The monoisotopic (exact) mass is 373 g/mol. The van der Waals surface area contributed by atoms with Gasteiger partial charge in [0.15, 0.2) is 0 Å². The summed E-state index contributed by atoms with van der Waals surface area (Å²) in [7, 11) is -0.968. The summed E-state index contributed by atoms with van der Waals surface area (Å²) in [5.74, 6) is 1.19. The molecule has 4 rings (SSSR count). The van der Waals surface area contributed by atoms with E-state index < -0.39 is 18.3 Å². The molecule has 6 heteroatoms. The van der Waals surface area contributed by atoms with Crippen molar-refractivity contribution >= 4 is 12.7 Å². The lowest BCUT2D eigenvalue weighted by Gasteiger charge is -2.36. The maximum absolute atomic E-state index is 15.7. The van der Waals surface area contributed by atoms with Crippen LogP contribution in [-0.4, -0.2) is 37.5 Å². The van der Waals surface area contributed by atoms with Crippen molar-refractivity contribution in [1.29, 1.82) is 0 Å². The van der Waals surface area contributed by atoms with Crippen LogP contribution < -0.4 is 10.1 Å². The van der Waals surface area contributed by atoms with Crippen LogP contribution in [0, 0.1) is 5.92 Å². The Kier molecular flexibility index (Phi) is 4.85. The van der Waals surface area contributed by atoms with Gasteiger partial charge in [-0.2, -0.15) is 0 Å². The van der Waals surface area contributed by atoms with Gasteiger partial charge in [0.2, 0.25) is 0 Å². The molecule has 3 aliphatic rings. The van der Waals surface area contributed by atoms with E-state index in [4.69, 9.17) is 14.0 Å². The van der Waals surface area contributed by atoms with E-state index in [0.717, 1.165) is 37.2 Å². The molecule has 1 aromatic rings. The van der Waals surface area contributed by atoms with Crippen LogP contribution in [0.3, 0.4) is 0 Å². The number of hydrogen-bond donors (Lipinski definition) is 1.